The average molecular weight is 246 g/mol. The summed E-state index contributed by atoms with van der Waals surface area (Å²) < 4.78 is 2.74. The van der Waals surface area contributed by atoms with Gasteiger partial charge in [-0.05, 0) is 12.1 Å². The third-order valence-electron chi connectivity index (χ3n) is 2.92. The van der Waals surface area contributed by atoms with Crippen molar-refractivity contribution in [1.82, 2.24) is 4.57 Å². The topological polar surface area (TPSA) is 3.24 Å². The summed E-state index contributed by atoms with van der Waals surface area (Å²) in [6, 6.07) is 4.54. The minimum absolute atomic E-state index is 0.0169. The molecular formula is C12H31NSi2. The first-order valence-electron chi connectivity index (χ1n) is 6.50. The van der Waals surface area contributed by atoms with Gasteiger partial charge >= 0.3 is 0 Å². The molecule has 0 aliphatic heterocycles. The Morgan fingerprint density at radius 3 is 1.80 bits per heavy atom. The summed E-state index contributed by atoms with van der Waals surface area (Å²) in [6.45, 7) is 16.8. The van der Waals surface area contributed by atoms with Crippen LogP contribution in [0.15, 0.2) is 0 Å². The van der Waals surface area contributed by atoms with Crippen molar-refractivity contribution in [2.24, 2.45) is 0 Å². The fourth-order valence-electron chi connectivity index (χ4n) is 2.06. The van der Waals surface area contributed by atoms with Crippen LogP contribution >= 0.6 is 0 Å². The van der Waals surface area contributed by atoms with E-state index in [1.807, 2.05) is 0 Å². The van der Waals surface area contributed by atoms with E-state index >= 15 is 0 Å². The van der Waals surface area contributed by atoms with Crippen molar-refractivity contribution in [2.75, 3.05) is 0 Å². The molecular weight excluding hydrogens is 214 g/mol. The molecule has 0 rings (SSSR count). The smallest absolute Gasteiger partial charge is 0.0956 e. The van der Waals surface area contributed by atoms with Gasteiger partial charge in [-0.2, -0.15) is 0 Å². The van der Waals surface area contributed by atoms with Gasteiger partial charge in [0.15, 0.2) is 0 Å². The van der Waals surface area contributed by atoms with Crippen LogP contribution in [0.25, 0.3) is 0 Å². The lowest BCUT2D eigenvalue weighted by atomic mass is 10.3. The van der Waals surface area contributed by atoms with E-state index in [1.165, 1.54) is 18.5 Å². The third-order valence-corrected chi connectivity index (χ3v) is 7.57. The molecule has 0 aliphatic carbocycles. The first-order valence-corrected chi connectivity index (χ1v) is 11.8. The van der Waals surface area contributed by atoms with Crippen molar-refractivity contribution in [1.29, 1.82) is 0 Å². The molecule has 0 aromatic carbocycles. The minimum atomic E-state index is -0.780. The summed E-state index contributed by atoms with van der Waals surface area (Å²) >= 11 is 0. The Balaban J connectivity index is 3.73. The first kappa shape index (κ1) is 15.4. The van der Waals surface area contributed by atoms with Gasteiger partial charge in [-0.15, -0.1) is 0 Å². The molecule has 0 aromatic rings. The Labute approximate surface area is 101 Å². The number of hydrogen-bond acceptors (Lipinski definition) is 1. The van der Waals surface area contributed by atoms with Gasteiger partial charge in [0.25, 0.3) is 0 Å². The van der Waals surface area contributed by atoms with Crippen molar-refractivity contribution in [3.63, 3.8) is 0 Å². The molecule has 0 N–H and O–H groups in total. The van der Waals surface area contributed by atoms with Crippen LogP contribution in [0.3, 0.4) is 0 Å². The van der Waals surface area contributed by atoms with Crippen LogP contribution in [0.2, 0.25) is 31.7 Å². The molecule has 0 bridgehead atoms. The molecule has 0 amide bonds. The summed E-state index contributed by atoms with van der Waals surface area (Å²) in [7, 11) is -0.763. The molecule has 0 aliphatic rings. The van der Waals surface area contributed by atoms with E-state index < -0.39 is 8.07 Å². The van der Waals surface area contributed by atoms with Crippen LogP contribution in [0.5, 0.6) is 0 Å². The lowest BCUT2D eigenvalue weighted by Gasteiger charge is -2.30. The molecule has 0 atom stereocenters. The molecule has 0 unspecified atom stereocenters. The van der Waals surface area contributed by atoms with Gasteiger partial charge in [0.2, 0.25) is 0 Å². The SMILES string of the molecule is CC(C)N([SiH2]CCC[Si](C)(C)C)C(C)C. The van der Waals surface area contributed by atoms with E-state index in [0.717, 1.165) is 12.1 Å². The molecule has 0 fully saturated rings. The molecule has 0 saturated heterocycles. The Kier molecular flexibility index (Phi) is 7.05. The molecule has 1 nitrogen and oxygen atoms in total. The first-order chi connectivity index (χ1) is 6.74. The number of nitrogens with zero attached hydrogens (tertiary/aromatic N) is 1. The summed E-state index contributed by atoms with van der Waals surface area (Å²) in [5.74, 6) is 0. The van der Waals surface area contributed by atoms with Crippen LogP contribution in [-0.4, -0.2) is 34.4 Å². The van der Waals surface area contributed by atoms with Gasteiger partial charge in [-0.3, -0.25) is 0 Å². The molecule has 0 spiro atoms. The van der Waals surface area contributed by atoms with Crippen LogP contribution in [0.4, 0.5) is 0 Å². The van der Waals surface area contributed by atoms with Gasteiger partial charge in [-0.25, -0.2) is 0 Å². The van der Waals surface area contributed by atoms with E-state index in [2.05, 4.69) is 51.9 Å². The fraction of sp³-hybridized carbons (Fsp3) is 1.00. The van der Waals surface area contributed by atoms with Crippen molar-refractivity contribution in [3.8, 4) is 0 Å². The molecule has 15 heavy (non-hydrogen) atoms. The second-order valence-corrected chi connectivity index (χ2v) is 13.9. The summed E-state index contributed by atoms with van der Waals surface area (Å²) in [6.07, 6.45) is 1.48. The highest BCUT2D eigenvalue weighted by Gasteiger charge is 2.15. The number of rotatable bonds is 7. The molecule has 0 aromatic heterocycles. The summed E-state index contributed by atoms with van der Waals surface area (Å²) in [5.41, 5.74) is 0. The maximum atomic E-state index is 2.74. The zero-order chi connectivity index (χ0) is 12.1. The van der Waals surface area contributed by atoms with Crippen molar-refractivity contribution >= 4 is 17.8 Å². The van der Waals surface area contributed by atoms with E-state index in [0.29, 0.717) is 0 Å². The standard InChI is InChI=1S/C12H31NSi2/c1-11(2)13(12(3)4)14-9-8-10-15(5,6)7/h11-12H,8-10,14H2,1-7H3. The quantitative estimate of drug-likeness (QED) is 0.491. The summed E-state index contributed by atoms with van der Waals surface area (Å²) in [4.78, 5) is 0. The Bertz CT molecular complexity index is 153. The summed E-state index contributed by atoms with van der Waals surface area (Å²) in [5, 5.41) is 0. The maximum absolute atomic E-state index is 2.74. The Hall–Kier alpha value is 0.394. The van der Waals surface area contributed by atoms with Gasteiger partial charge in [0, 0.05) is 8.07 Å². The largest absolute Gasteiger partial charge is 0.325 e. The lowest BCUT2D eigenvalue weighted by molar-refractivity contribution is 0.311. The molecule has 0 radical (unpaired) electrons. The fourth-order valence-corrected chi connectivity index (χ4v) is 5.74. The van der Waals surface area contributed by atoms with E-state index in [9.17, 15) is 0 Å². The van der Waals surface area contributed by atoms with Gasteiger partial charge in [0.1, 0.15) is 0 Å². The highest BCUT2D eigenvalue weighted by atomic mass is 28.3. The Morgan fingerprint density at radius 2 is 1.47 bits per heavy atom. The van der Waals surface area contributed by atoms with Crippen LogP contribution < -0.4 is 0 Å². The predicted octanol–water partition coefficient (Wildman–Crippen LogP) is 3.34. The highest BCUT2D eigenvalue weighted by Crippen LogP contribution is 2.14. The third kappa shape index (κ3) is 8.23. The molecule has 0 saturated carbocycles. The van der Waals surface area contributed by atoms with Crippen LogP contribution in [-0.2, 0) is 0 Å². The minimum Gasteiger partial charge on any atom is -0.325 e. The van der Waals surface area contributed by atoms with Crippen LogP contribution in [0.1, 0.15) is 34.1 Å². The van der Waals surface area contributed by atoms with E-state index in [1.54, 1.807) is 0 Å². The van der Waals surface area contributed by atoms with E-state index in [-0.39, 0.29) is 9.68 Å². The monoisotopic (exact) mass is 245 g/mol. The normalized spacial score (nSPS) is 14.0. The number of hydrogen-bond donors (Lipinski definition) is 0. The zero-order valence-corrected chi connectivity index (χ0v) is 14.3. The molecule has 0 heterocycles. The predicted molar refractivity (Wildman–Crippen MR) is 78.2 cm³/mol. The second kappa shape index (κ2) is 6.87. The van der Waals surface area contributed by atoms with Crippen molar-refractivity contribution in [3.05, 3.63) is 0 Å². The van der Waals surface area contributed by atoms with Gasteiger partial charge in [-0.1, -0.05) is 65.8 Å². The Morgan fingerprint density at radius 1 is 1.00 bits per heavy atom. The van der Waals surface area contributed by atoms with Crippen molar-refractivity contribution < 1.29 is 0 Å². The van der Waals surface area contributed by atoms with E-state index in [4.69, 9.17) is 0 Å². The second-order valence-electron chi connectivity index (χ2n) is 6.44. The lowest BCUT2D eigenvalue weighted by Crippen LogP contribution is -2.39. The van der Waals surface area contributed by atoms with Crippen molar-refractivity contribution in [2.45, 2.75) is 77.9 Å². The van der Waals surface area contributed by atoms with Gasteiger partial charge < -0.3 is 4.57 Å². The van der Waals surface area contributed by atoms with Gasteiger partial charge in [0.05, 0.1) is 9.68 Å². The highest BCUT2D eigenvalue weighted by molar-refractivity contribution is 6.76. The maximum Gasteiger partial charge on any atom is 0.0956 e. The molecule has 92 valence electrons. The zero-order valence-electron chi connectivity index (χ0n) is 11.9. The molecule has 3 heteroatoms. The average Bonchev–Trinajstić information content (AvgIpc) is 2.00. The van der Waals surface area contributed by atoms with Crippen LogP contribution in [0, 0.1) is 0 Å².